The Morgan fingerprint density at radius 1 is 1.39 bits per heavy atom. The number of hydrogen-bond acceptors (Lipinski definition) is 4. The molecule has 2 bridgehead atoms. The second kappa shape index (κ2) is 5.81. The smallest absolute Gasteiger partial charge is 0.307 e. The average molecular weight is 311 g/mol. The van der Waals surface area contributed by atoms with Gasteiger partial charge in [0.15, 0.2) is 5.76 Å². The number of piperidine rings is 1. The average Bonchev–Trinajstić information content (AvgIpc) is 3.14. The molecular weight excluding hydrogens is 290 g/mol. The first kappa shape index (κ1) is 14.5. The molecule has 0 spiro atoms. The van der Waals surface area contributed by atoms with Gasteiger partial charge in [-0.1, -0.05) is 23.8 Å². The lowest BCUT2D eigenvalue weighted by atomic mass is 9.97. The number of fused-ring (bicyclic) bond motifs is 2. The van der Waals surface area contributed by atoms with E-state index in [0.717, 1.165) is 36.6 Å². The number of rotatable bonds is 3. The molecule has 3 atom stereocenters. The zero-order chi connectivity index (χ0) is 15.8. The molecule has 5 heteroatoms. The maximum Gasteiger partial charge on any atom is 0.307 e. The number of amides is 1. The zero-order valence-corrected chi connectivity index (χ0v) is 13.3. The van der Waals surface area contributed by atoms with Crippen LogP contribution < -0.4 is 5.32 Å². The number of hydrogen-bond donors (Lipinski definition) is 1. The highest BCUT2D eigenvalue weighted by Crippen LogP contribution is 2.27. The van der Waals surface area contributed by atoms with Crippen molar-refractivity contribution in [1.29, 1.82) is 0 Å². The molecular formula is C18H21N3O2. The minimum Gasteiger partial charge on any atom is -0.432 e. The topological polar surface area (TPSA) is 58.4 Å². The van der Waals surface area contributed by atoms with E-state index in [-0.39, 0.29) is 17.8 Å². The van der Waals surface area contributed by atoms with Gasteiger partial charge in [-0.2, -0.15) is 0 Å². The van der Waals surface area contributed by atoms with Gasteiger partial charge in [0.2, 0.25) is 0 Å². The Labute approximate surface area is 135 Å². The lowest BCUT2D eigenvalue weighted by Crippen LogP contribution is -2.47. The van der Waals surface area contributed by atoms with Crippen molar-refractivity contribution in [2.24, 2.45) is 5.92 Å². The number of carbonyl (C=O) groups excluding carboxylic acids is 1. The first-order valence-electron chi connectivity index (χ1n) is 8.23. The van der Waals surface area contributed by atoms with E-state index in [1.807, 2.05) is 31.2 Å². The van der Waals surface area contributed by atoms with Crippen LogP contribution in [0, 0.1) is 12.8 Å². The highest BCUT2D eigenvalue weighted by molar-refractivity contribution is 5.90. The molecule has 0 aliphatic carbocycles. The van der Waals surface area contributed by atoms with Crippen LogP contribution in [0.2, 0.25) is 0 Å². The van der Waals surface area contributed by atoms with Gasteiger partial charge in [-0.25, -0.2) is 4.98 Å². The van der Waals surface area contributed by atoms with Crippen LogP contribution in [0.3, 0.4) is 0 Å². The van der Waals surface area contributed by atoms with Crippen molar-refractivity contribution in [3.8, 4) is 11.3 Å². The summed E-state index contributed by atoms with van der Waals surface area (Å²) in [7, 11) is 0. The molecule has 2 aromatic rings. The summed E-state index contributed by atoms with van der Waals surface area (Å²) in [6.07, 6.45) is 3.94. The van der Waals surface area contributed by atoms with Crippen molar-refractivity contribution >= 4 is 5.91 Å². The van der Waals surface area contributed by atoms with E-state index in [4.69, 9.17) is 4.42 Å². The van der Waals surface area contributed by atoms with Gasteiger partial charge in [-0.3, -0.25) is 4.79 Å². The van der Waals surface area contributed by atoms with Gasteiger partial charge in [0.1, 0.15) is 0 Å². The summed E-state index contributed by atoms with van der Waals surface area (Å²) in [5.74, 6) is 1.29. The molecule has 1 unspecified atom stereocenters. The number of aryl methyl sites for hydroxylation is 1. The predicted octanol–water partition coefficient (Wildman–Crippen LogP) is 2.47. The van der Waals surface area contributed by atoms with Gasteiger partial charge < -0.3 is 14.6 Å². The molecule has 1 aromatic carbocycles. The molecule has 2 saturated heterocycles. The van der Waals surface area contributed by atoms with Gasteiger partial charge in [0.25, 0.3) is 5.89 Å². The molecule has 0 saturated carbocycles. The zero-order valence-electron chi connectivity index (χ0n) is 13.3. The summed E-state index contributed by atoms with van der Waals surface area (Å²) in [5, 5.41) is 3.08. The molecule has 2 aliphatic rings. The molecule has 3 heterocycles. The first-order chi connectivity index (χ1) is 11.2. The number of benzene rings is 1. The van der Waals surface area contributed by atoms with Crippen LogP contribution >= 0.6 is 0 Å². The minimum absolute atomic E-state index is 0.148. The standard InChI is InChI=1S/C18H21N3O2/c1-12-3-2-4-14(7-12)16-9-19-18(23-16)17(22)20-15-8-13-5-6-21(10-13)11-15/h2-4,7,9,13,15H,5-6,8,10-11H2,1H3,(H,20,22)/t13-,15+/m0/s1. The predicted molar refractivity (Wildman–Crippen MR) is 87.1 cm³/mol. The second-order valence-corrected chi connectivity index (χ2v) is 6.72. The maximum atomic E-state index is 12.4. The van der Waals surface area contributed by atoms with Crippen molar-refractivity contribution in [3.05, 3.63) is 41.9 Å². The minimum atomic E-state index is -0.212. The summed E-state index contributed by atoms with van der Waals surface area (Å²) in [6, 6.07) is 8.19. The fourth-order valence-corrected chi connectivity index (χ4v) is 3.72. The Kier molecular flexibility index (Phi) is 3.65. The number of aromatic nitrogens is 1. The van der Waals surface area contributed by atoms with E-state index in [1.54, 1.807) is 6.20 Å². The molecule has 5 nitrogen and oxygen atoms in total. The molecule has 1 amide bonds. The van der Waals surface area contributed by atoms with Crippen molar-refractivity contribution in [2.45, 2.75) is 25.8 Å². The van der Waals surface area contributed by atoms with Crippen molar-refractivity contribution < 1.29 is 9.21 Å². The van der Waals surface area contributed by atoms with Gasteiger partial charge >= 0.3 is 5.91 Å². The summed E-state index contributed by atoms with van der Waals surface area (Å²) < 4.78 is 5.66. The number of nitrogens with one attached hydrogen (secondary N) is 1. The van der Waals surface area contributed by atoms with Crippen LogP contribution in [-0.2, 0) is 0 Å². The van der Waals surface area contributed by atoms with Gasteiger partial charge in [0, 0.05) is 24.7 Å². The Balaban J connectivity index is 1.45. The first-order valence-corrected chi connectivity index (χ1v) is 8.23. The Hall–Kier alpha value is -2.14. The van der Waals surface area contributed by atoms with Gasteiger partial charge in [0.05, 0.1) is 6.20 Å². The molecule has 1 N–H and O–H groups in total. The van der Waals surface area contributed by atoms with Crippen molar-refractivity contribution in [2.75, 3.05) is 19.6 Å². The molecule has 120 valence electrons. The van der Waals surface area contributed by atoms with E-state index in [9.17, 15) is 4.79 Å². The van der Waals surface area contributed by atoms with Gasteiger partial charge in [-0.05, 0) is 38.3 Å². The fraction of sp³-hybridized carbons (Fsp3) is 0.444. The van der Waals surface area contributed by atoms with Crippen LogP contribution in [0.5, 0.6) is 0 Å². The van der Waals surface area contributed by atoms with Crippen LogP contribution in [-0.4, -0.2) is 41.5 Å². The highest BCUT2D eigenvalue weighted by Gasteiger charge is 2.33. The largest absolute Gasteiger partial charge is 0.432 e. The SMILES string of the molecule is Cc1cccc(-c2cnc(C(=O)N[C@@H]3C[C@@H]4CCN(C4)C3)o2)c1. The summed E-state index contributed by atoms with van der Waals surface area (Å²) in [5.41, 5.74) is 2.09. The summed E-state index contributed by atoms with van der Waals surface area (Å²) >= 11 is 0. The lowest BCUT2D eigenvalue weighted by Gasteiger charge is -2.30. The number of oxazole rings is 1. The third-order valence-corrected chi connectivity index (χ3v) is 4.80. The van der Waals surface area contributed by atoms with E-state index >= 15 is 0 Å². The Morgan fingerprint density at radius 3 is 3.13 bits per heavy atom. The quantitative estimate of drug-likeness (QED) is 0.946. The van der Waals surface area contributed by atoms with E-state index < -0.39 is 0 Å². The van der Waals surface area contributed by atoms with Crippen LogP contribution in [0.25, 0.3) is 11.3 Å². The molecule has 23 heavy (non-hydrogen) atoms. The van der Waals surface area contributed by atoms with Crippen LogP contribution in [0.15, 0.2) is 34.9 Å². The van der Waals surface area contributed by atoms with Crippen LogP contribution in [0.4, 0.5) is 0 Å². The molecule has 1 aromatic heterocycles. The summed E-state index contributed by atoms with van der Waals surface area (Å²) in [4.78, 5) is 18.9. The fourth-order valence-electron chi connectivity index (χ4n) is 3.72. The highest BCUT2D eigenvalue weighted by atomic mass is 16.4. The molecule has 0 radical (unpaired) electrons. The van der Waals surface area contributed by atoms with Crippen molar-refractivity contribution in [1.82, 2.24) is 15.2 Å². The normalized spacial score (nSPS) is 26.2. The number of nitrogens with zero attached hydrogens (tertiary/aromatic N) is 2. The molecule has 4 rings (SSSR count). The van der Waals surface area contributed by atoms with E-state index in [0.29, 0.717) is 5.76 Å². The van der Waals surface area contributed by atoms with E-state index in [2.05, 4.69) is 15.2 Å². The van der Waals surface area contributed by atoms with Crippen molar-refractivity contribution in [3.63, 3.8) is 0 Å². The van der Waals surface area contributed by atoms with Crippen LogP contribution in [0.1, 0.15) is 29.1 Å². The maximum absolute atomic E-state index is 12.4. The molecule has 2 aliphatic heterocycles. The lowest BCUT2D eigenvalue weighted by molar-refractivity contribution is 0.0875. The molecule has 2 fully saturated rings. The monoisotopic (exact) mass is 311 g/mol. The second-order valence-electron chi connectivity index (χ2n) is 6.72. The third-order valence-electron chi connectivity index (χ3n) is 4.80. The summed E-state index contributed by atoms with van der Waals surface area (Å²) in [6.45, 7) is 5.31. The Morgan fingerprint density at radius 2 is 2.30 bits per heavy atom. The number of carbonyl (C=O) groups is 1. The van der Waals surface area contributed by atoms with Gasteiger partial charge in [-0.15, -0.1) is 0 Å². The van der Waals surface area contributed by atoms with E-state index in [1.165, 1.54) is 13.0 Å². The Bertz CT molecular complexity index is 713. The third kappa shape index (κ3) is 3.01.